The van der Waals surface area contributed by atoms with E-state index in [0.29, 0.717) is 16.4 Å². The quantitative estimate of drug-likeness (QED) is 0.823. The van der Waals surface area contributed by atoms with Gasteiger partial charge in [-0.1, -0.05) is 11.6 Å². The molecule has 1 aliphatic heterocycles. The molecule has 0 spiro atoms. The van der Waals surface area contributed by atoms with Crippen LogP contribution in [0.3, 0.4) is 0 Å². The Morgan fingerprint density at radius 1 is 1.16 bits per heavy atom. The Hall–Kier alpha value is -1.93. The van der Waals surface area contributed by atoms with Crippen LogP contribution in [0.15, 0.2) is 58.4 Å². The van der Waals surface area contributed by atoms with E-state index in [1.54, 1.807) is 29.2 Å². The summed E-state index contributed by atoms with van der Waals surface area (Å²) in [7, 11) is -1.91. The second-order valence-corrected chi connectivity index (χ2v) is 8.19. The van der Waals surface area contributed by atoms with E-state index >= 15 is 0 Å². The third-order valence-electron chi connectivity index (χ3n) is 3.91. The fraction of sp³-hybridized carbons (Fsp3) is 0.235. The van der Waals surface area contributed by atoms with Crippen LogP contribution in [-0.4, -0.2) is 45.2 Å². The summed E-state index contributed by atoms with van der Waals surface area (Å²) in [5.41, 5.74) is 1.44. The molecule has 132 valence electrons. The Morgan fingerprint density at radius 3 is 2.28 bits per heavy atom. The number of benzene rings is 2. The molecule has 0 saturated carbocycles. The van der Waals surface area contributed by atoms with Crippen LogP contribution >= 0.6 is 11.6 Å². The van der Waals surface area contributed by atoms with Crippen LogP contribution in [0.25, 0.3) is 0 Å². The smallest absolute Gasteiger partial charge is 0.287 e. The van der Waals surface area contributed by atoms with E-state index in [9.17, 15) is 13.5 Å². The number of rotatable bonds is 4. The van der Waals surface area contributed by atoms with Crippen LogP contribution in [0, 0.1) is 0 Å². The van der Waals surface area contributed by atoms with E-state index in [-0.39, 0.29) is 11.4 Å². The van der Waals surface area contributed by atoms with E-state index in [0.717, 1.165) is 11.9 Å². The summed E-state index contributed by atoms with van der Waals surface area (Å²) >= 11 is 5.94. The zero-order valence-electron chi connectivity index (χ0n) is 13.7. The van der Waals surface area contributed by atoms with Crippen molar-refractivity contribution in [2.75, 3.05) is 24.8 Å². The van der Waals surface area contributed by atoms with Crippen molar-refractivity contribution in [1.82, 2.24) is 0 Å². The molecule has 0 fully saturated rings. The van der Waals surface area contributed by atoms with Crippen LogP contribution < -0.4 is 4.90 Å². The van der Waals surface area contributed by atoms with Crippen molar-refractivity contribution in [3.8, 4) is 0 Å². The molecule has 1 unspecified atom stereocenters. The monoisotopic (exact) mass is 380 g/mol. The van der Waals surface area contributed by atoms with Crippen molar-refractivity contribution in [3.63, 3.8) is 0 Å². The number of aliphatic hydroxyl groups is 1. The van der Waals surface area contributed by atoms with Crippen LogP contribution in [-0.2, 0) is 14.6 Å². The average Bonchev–Trinajstić information content (AvgIpc) is 2.94. The normalized spacial score (nSPS) is 20.6. The first-order valence-electron chi connectivity index (χ1n) is 7.43. The van der Waals surface area contributed by atoms with Gasteiger partial charge in [0.1, 0.15) is 12.4 Å². The van der Waals surface area contributed by atoms with Crippen LogP contribution in [0.5, 0.6) is 0 Å². The van der Waals surface area contributed by atoms with Gasteiger partial charge in [-0.15, -0.1) is 0 Å². The Labute approximate surface area is 151 Å². The Balaban J connectivity index is 2.03. The minimum Gasteiger partial charge on any atom is -0.346 e. The van der Waals surface area contributed by atoms with Gasteiger partial charge in [0.2, 0.25) is 0 Å². The van der Waals surface area contributed by atoms with Crippen LogP contribution in [0.2, 0.25) is 5.02 Å². The van der Waals surface area contributed by atoms with Gasteiger partial charge in [-0.2, -0.15) is 0 Å². The Bertz CT molecular complexity index is 911. The Kier molecular flexibility index (Phi) is 4.59. The van der Waals surface area contributed by atoms with Crippen molar-refractivity contribution in [1.29, 1.82) is 0 Å². The summed E-state index contributed by atoms with van der Waals surface area (Å²) in [6, 6.07) is 13.4. The highest BCUT2D eigenvalue weighted by Gasteiger charge is 2.39. The third-order valence-corrected chi connectivity index (χ3v) is 5.29. The average molecular weight is 381 g/mol. The molecule has 2 aromatic carbocycles. The third kappa shape index (κ3) is 3.69. The van der Waals surface area contributed by atoms with Gasteiger partial charge in [-0.25, -0.2) is 13.4 Å². The van der Waals surface area contributed by atoms with E-state index in [1.807, 2.05) is 12.1 Å². The number of β-amino-alcohol motifs (C(OH)–C–C–N with tert-alkyl or cyclic N) is 1. The second kappa shape index (κ2) is 6.42. The molecule has 25 heavy (non-hydrogen) atoms. The predicted molar refractivity (Wildman–Crippen MR) is 96.8 cm³/mol. The van der Waals surface area contributed by atoms with Crippen LogP contribution in [0.1, 0.15) is 5.56 Å². The number of halogens is 1. The maximum Gasteiger partial charge on any atom is 0.287 e. The number of anilines is 1. The summed E-state index contributed by atoms with van der Waals surface area (Å²) in [6.45, 7) is 0.105. The van der Waals surface area contributed by atoms with E-state index in [2.05, 4.69) is 4.99 Å². The molecule has 1 heterocycles. The summed E-state index contributed by atoms with van der Waals surface area (Å²) in [4.78, 5) is 6.28. The molecule has 6 nitrogen and oxygen atoms in total. The number of hydrogen-bond donors (Lipinski definition) is 1. The van der Waals surface area contributed by atoms with Gasteiger partial charge in [0.25, 0.3) is 5.91 Å². The largest absolute Gasteiger partial charge is 0.346 e. The van der Waals surface area contributed by atoms with Gasteiger partial charge in [0.15, 0.2) is 9.84 Å². The molecule has 0 saturated heterocycles. The summed E-state index contributed by atoms with van der Waals surface area (Å²) in [5.74, 6) is -1.20. The Morgan fingerprint density at radius 2 is 1.76 bits per heavy atom. The standard InChI is InChI=1S/C17H17ClN2O4S/c1-24-17(21)11-20(14-7-5-13(18)6-8-14)16(19-17)12-3-9-15(10-4-12)25(2,22)23/h3-10,21H,11H2,1-2H3. The lowest BCUT2D eigenvalue weighted by molar-refractivity contribution is -0.163. The summed E-state index contributed by atoms with van der Waals surface area (Å²) in [6.07, 6.45) is 1.15. The maximum atomic E-state index is 11.6. The SMILES string of the molecule is COC1(O)CN(c2ccc(Cl)cc2)C(c2ccc(S(C)(=O)=O)cc2)=N1. The topological polar surface area (TPSA) is 79.2 Å². The van der Waals surface area contributed by atoms with Gasteiger partial charge in [-0.3, -0.25) is 0 Å². The minimum atomic E-state index is -3.28. The molecule has 3 rings (SSSR count). The minimum absolute atomic E-state index is 0.105. The molecule has 0 aromatic heterocycles. The fourth-order valence-corrected chi connectivity index (χ4v) is 3.31. The number of amidine groups is 1. The fourth-order valence-electron chi connectivity index (χ4n) is 2.56. The van der Waals surface area contributed by atoms with Gasteiger partial charge in [-0.05, 0) is 48.5 Å². The van der Waals surface area contributed by atoms with Gasteiger partial charge >= 0.3 is 0 Å². The number of aliphatic imine (C=N–C) groups is 1. The lowest BCUT2D eigenvalue weighted by Crippen LogP contribution is -2.37. The first kappa shape index (κ1) is 17.9. The van der Waals surface area contributed by atoms with Crippen molar-refractivity contribution < 1.29 is 18.3 Å². The second-order valence-electron chi connectivity index (χ2n) is 5.74. The molecule has 0 bridgehead atoms. The van der Waals surface area contributed by atoms with E-state index in [1.165, 1.54) is 19.2 Å². The van der Waals surface area contributed by atoms with Gasteiger partial charge in [0.05, 0.1) is 4.90 Å². The first-order chi connectivity index (χ1) is 11.7. The lowest BCUT2D eigenvalue weighted by atomic mass is 10.2. The summed E-state index contributed by atoms with van der Waals surface area (Å²) < 4.78 is 28.3. The van der Waals surface area contributed by atoms with E-state index in [4.69, 9.17) is 16.3 Å². The molecule has 8 heteroatoms. The van der Waals surface area contributed by atoms with Gasteiger partial charge < -0.3 is 14.7 Å². The molecule has 1 atom stereocenters. The zero-order chi connectivity index (χ0) is 18.2. The van der Waals surface area contributed by atoms with Crippen molar-refractivity contribution in [2.24, 2.45) is 4.99 Å². The zero-order valence-corrected chi connectivity index (χ0v) is 15.3. The molecule has 0 radical (unpaired) electrons. The number of nitrogens with zero attached hydrogens (tertiary/aromatic N) is 2. The molecule has 0 aliphatic carbocycles. The highest BCUT2D eigenvalue weighted by atomic mass is 35.5. The van der Waals surface area contributed by atoms with Crippen LogP contribution in [0.4, 0.5) is 5.69 Å². The van der Waals surface area contributed by atoms with Crippen molar-refractivity contribution >= 4 is 33.0 Å². The van der Waals surface area contributed by atoms with Crippen molar-refractivity contribution in [2.45, 2.75) is 10.8 Å². The molecule has 2 aromatic rings. The molecule has 0 amide bonds. The highest BCUT2D eigenvalue weighted by molar-refractivity contribution is 7.90. The molecular formula is C17H17ClN2O4S. The molecule has 1 aliphatic rings. The molecular weight excluding hydrogens is 364 g/mol. The number of ether oxygens (including phenoxy) is 1. The van der Waals surface area contributed by atoms with E-state index < -0.39 is 15.7 Å². The first-order valence-corrected chi connectivity index (χ1v) is 9.70. The van der Waals surface area contributed by atoms with Crippen molar-refractivity contribution in [3.05, 3.63) is 59.1 Å². The molecule has 1 N–H and O–H groups in total. The highest BCUT2D eigenvalue weighted by Crippen LogP contribution is 2.29. The number of hydrogen-bond acceptors (Lipinski definition) is 6. The number of methoxy groups -OCH3 is 1. The summed E-state index contributed by atoms with van der Waals surface area (Å²) in [5, 5.41) is 11.0. The lowest BCUT2D eigenvalue weighted by Gasteiger charge is -2.23. The number of sulfone groups is 1. The van der Waals surface area contributed by atoms with Gasteiger partial charge in [0, 0.05) is 29.6 Å². The maximum absolute atomic E-state index is 11.6. The predicted octanol–water partition coefficient (Wildman–Crippen LogP) is 2.30.